The number of hydrogen-bond donors (Lipinski definition) is 2. The minimum Gasteiger partial charge on any atom is -0.494 e. The molecule has 3 aromatic carbocycles. The number of Topliss-reactive ketones (excluding diaryl/α,β-unsaturated/α-hetero) is 1. The van der Waals surface area contributed by atoms with Gasteiger partial charge >= 0.3 is 5.97 Å². The molecule has 0 fully saturated rings. The third kappa shape index (κ3) is 4.98. The minimum absolute atomic E-state index is 0.124. The fourth-order valence-electron chi connectivity index (χ4n) is 3.68. The number of aromatic carboxylic acids is 1. The monoisotopic (exact) mass is 469 g/mol. The maximum Gasteiger partial charge on any atom is 0.335 e. The lowest BCUT2D eigenvalue weighted by Crippen LogP contribution is -2.24. The molecule has 9 nitrogen and oxygen atoms in total. The molecule has 0 bridgehead atoms. The Morgan fingerprint density at radius 3 is 2.54 bits per heavy atom. The quantitative estimate of drug-likeness (QED) is 0.315. The van der Waals surface area contributed by atoms with Crippen LogP contribution in [-0.4, -0.2) is 30.0 Å². The van der Waals surface area contributed by atoms with E-state index in [4.69, 9.17) is 15.6 Å². The Hall–Kier alpha value is -4.66. The summed E-state index contributed by atoms with van der Waals surface area (Å²) < 4.78 is 5.46. The highest BCUT2D eigenvalue weighted by atomic mass is 16.5. The number of azo groups is 2. The van der Waals surface area contributed by atoms with Gasteiger partial charge in [0.05, 0.1) is 24.0 Å². The molecule has 1 aliphatic rings. The first kappa shape index (κ1) is 23.5. The van der Waals surface area contributed by atoms with Crippen molar-refractivity contribution in [1.82, 2.24) is 0 Å². The smallest absolute Gasteiger partial charge is 0.335 e. The number of carboxylic acids is 1. The second kappa shape index (κ2) is 9.68. The maximum atomic E-state index is 13.0. The summed E-state index contributed by atoms with van der Waals surface area (Å²) in [6.45, 7) is 3.67. The molecule has 0 radical (unpaired) electrons. The molecule has 0 spiro atoms. The van der Waals surface area contributed by atoms with Crippen LogP contribution in [0.25, 0.3) is 6.08 Å². The van der Waals surface area contributed by atoms with E-state index < -0.39 is 12.0 Å². The molecular weight excluding hydrogens is 446 g/mol. The van der Waals surface area contributed by atoms with Crippen LogP contribution in [0.5, 0.6) is 5.75 Å². The van der Waals surface area contributed by atoms with Crippen molar-refractivity contribution in [3.63, 3.8) is 0 Å². The van der Waals surface area contributed by atoms with Crippen LogP contribution in [-0.2, 0) is 0 Å². The summed E-state index contributed by atoms with van der Waals surface area (Å²) in [5.74, 6) is -0.800. The number of nitrogens with zero attached hydrogens (tertiary/aromatic N) is 4. The van der Waals surface area contributed by atoms with Crippen LogP contribution in [0.1, 0.15) is 38.8 Å². The van der Waals surface area contributed by atoms with Crippen molar-refractivity contribution in [3.8, 4) is 5.75 Å². The van der Waals surface area contributed by atoms with Crippen LogP contribution in [0.4, 0.5) is 22.7 Å². The molecule has 35 heavy (non-hydrogen) atoms. The third-order valence-corrected chi connectivity index (χ3v) is 5.55. The first-order chi connectivity index (χ1) is 16.8. The average Bonchev–Trinajstić information content (AvgIpc) is 2.84. The molecule has 1 unspecified atom stereocenters. The van der Waals surface area contributed by atoms with E-state index >= 15 is 0 Å². The van der Waals surface area contributed by atoms with E-state index in [9.17, 15) is 9.59 Å². The van der Waals surface area contributed by atoms with E-state index in [1.165, 1.54) is 19.2 Å². The van der Waals surface area contributed by atoms with Gasteiger partial charge in [-0.05, 0) is 66.9 Å². The van der Waals surface area contributed by atoms with E-state index in [1.807, 2.05) is 26.0 Å². The van der Waals surface area contributed by atoms with Crippen LogP contribution in [0, 0.1) is 6.92 Å². The molecule has 1 aliphatic carbocycles. The summed E-state index contributed by atoms with van der Waals surface area (Å²) in [7, 11) is 1.50. The van der Waals surface area contributed by atoms with Gasteiger partial charge in [0.15, 0.2) is 11.8 Å². The van der Waals surface area contributed by atoms with Crippen molar-refractivity contribution < 1.29 is 19.4 Å². The van der Waals surface area contributed by atoms with Crippen molar-refractivity contribution in [1.29, 1.82) is 0 Å². The number of hydrogen-bond acceptors (Lipinski definition) is 8. The molecule has 3 N–H and O–H groups in total. The van der Waals surface area contributed by atoms with E-state index in [-0.39, 0.29) is 11.3 Å². The zero-order valence-electron chi connectivity index (χ0n) is 19.4. The van der Waals surface area contributed by atoms with Gasteiger partial charge in [-0.25, -0.2) is 4.79 Å². The Morgan fingerprint density at radius 1 is 1.00 bits per heavy atom. The first-order valence-electron chi connectivity index (χ1n) is 10.7. The van der Waals surface area contributed by atoms with E-state index in [0.717, 1.165) is 16.7 Å². The molecule has 0 amide bonds. The molecule has 176 valence electrons. The van der Waals surface area contributed by atoms with Gasteiger partial charge < -0.3 is 15.6 Å². The Kier molecular flexibility index (Phi) is 6.50. The van der Waals surface area contributed by atoms with Crippen molar-refractivity contribution in [3.05, 3.63) is 82.4 Å². The number of methoxy groups -OCH3 is 1. The SMILES string of the molecule is COc1cc(N=Nc2cccc(C(=O)O)c2)c(C)cc1N=NC1C(=O)c2cc(N)ccc2C=C1C. The molecule has 0 aliphatic heterocycles. The summed E-state index contributed by atoms with van der Waals surface area (Å²) in [5, 5.41) is 26.2. The van der Waals surface area contributed by atoms with Gasteiger partial charge in [-0.15, -0.1) is 0 Å². The molecule has 1 atom stereocenters. The maximum absolute atomic E-state index is 13.0. The number of carbonyl (C=O) groups is 2. The summed E-state index contributed by atoms with van der Waals surface area (Å²) in [5.41, 5.74) is 10.7. The highest BCUT2D eigenvalue weighted by molar-refractivity contribution is 6.08. The van der Waals surface area contributed by atoms with Crippen LogP contribution >= 0.6 is 0 Å². The number of carbonyl (C=O) groups excluding carboxylic acids is 1. The van der Waals surface area contributed by atoms with Crippen LogP contribution in [0.15, 0.2) is 80.6 Å². The van der Waals surface area contributed by atoms with Crippen LogP contribution < -0.4 is 10.5 Å². The van der Waals surface area contributed by atoms with E-state index in [2.05, 4.69) is 20.5 Å². The second-order valence-corrected chi connectivity index (χ2v) is 8.08. The highest BCUT2D eigenvalue weighted by Crippen LogP contribution is 2.37. The van der Waals surface area contributed by atoms with Gasteiger partial charge in [0.2, 0.25) is 0 Å². The molecule has 3 aromatic rings. The third-order valence-electron chi connectivity index (χ3n) is 5.55. The largest absolute Gasteiger partial charge is 0.494 e. The van der Waals surface area contributed by atoms with E-state index in [0.29, 0.717) is 34.1 Å². The van der Waals surface area contributed by atoms with Gasteiger partial charge in [-0.3, -0.25) is 4.79 Å². The fourth-order valence-corrected chi connectivity index (χ4v) is 3.68. The second-order valence-electron chi connectivity index (χ2n) is 8.08. The number of aryl methyl sites for hydroxylation is 1. The fraction of sp³-hybridized carbons (Fsp3) is 0.154. The predicted molar refractivity (Wildman–Crippen MR) is 132 cm³/mol. The molecule has 0 heterocycles. The number of fused-ring (bicyclic) bond motifs is 1. The Balaban J connectivity index is 1.61. The van der Waals surface area contributed by atoms with Crippen molar-refractivity contribution in [2.75, 3.05) is 12.8 Å². The summed E-state index contributed by atoms with van der Waals surface area (Å²) in [6, 6.07) is 14.1. The number of nitrogen functional groups attached to an aromatic ring is 1. The lowest BCUT2D eigenvalue weighted by atomic mass is 9.88. The zero-order chi connectivity index (χ0) is 25.1. The normalized spacial score (nSPS) is 15.3. The number of carboxylic acid groups (broad SMARTS) is 1. The Morgan fingerprint density at radius 2 is 1.80 bits per heavy atom. The molecule has 0 aromatic heterocycles. The minimum atomic E-state index is -1.04. The zero-order valence-corrected chi connectivity index (χ0v) is 19.4. The molecule has 0 saturated heterocycles. The number of rotatable bonds is 6. The number of anilines is 1. The number of ether oxygens (including phenoxy) is 1. The van der Waals surface area contributed by atoms with Crippen LogP contribution in [0.2, 0.25) is 0 Å². The molecule has 9 heteroatoms. The van der Waals surface area contributed by atoms with E-state index in [1.54, 1.807) is 36.4 Å². The number of ketones is 1. The van der Waals surface area contributed by atoms with Crippen molar-refractivity contribution in [2.24, 2.45) is 20.5 Å². The molecule has 4 rings (SSSR count). The predicted octanol–water partition coefficient (Wildman–Crippen LogP) is 6.45. The lowest BCUT2D eigenvalue weighted by molar-refractivity contribution is 0.0696. The number of nitrogens with two attached hydrogens (primary N) is 1. The highest BCUT2D eigenvalue weighted by Gasteiger charge is 2.28. The van der Waals surface area contributed by atoms with Crippen LogP contribution in [0.3, 0.4) is 0 Å². The van der Waals surface area contributed by atoms with Gasteiger partial charge in [-0.2, -0.15) is 20.5 Å². The standard InChI is InChI=1S/C26H23N5O4/c1-14-10-22(30-31-24-15(2)9-16-7-8-18(27)12-20(16)25(24)32)23(35-3)13-21(14)29-28-19-6-4-5-17(11-19)26(33)34/h4-13,24H,27H2,1-3H3,(H,33,34). The Bertz CT molecular complexity index is 1430. The summed E-state index contributed by atoms with van der Waals surface area (Å²) in [6.07, 6.45) is 1.91. The molecule has 0 saturated carbocycles. The average molecular weight is 470 g/mol. The van der Waals surface area contributed by atoms with Crippen molar-refractivity contribution in [2.45, 2.75) is 19.9 Å². The van der Waals surface area contributed by atoms with Gasteiger partial charge in [0.1, 0.15) is 11.4 Å². The van der Waals surface area contributed by atoms with Crippen molar-refractivity contribution >= 4 is 40.6 Å². The first-order valence-corrected chi connectivity index (χ1v) is 10.7. The summed E-state index contributed by atoms with van der Waals surface area (Å²) >= 11 is 0. The molecular formula is C26H23N5O4. The lowest BCUT2D eigenvalue weighted by Gasteiger charge is -2.19. The Labute approximate surface area is 201 Å². The number of benzene rings is 3. The van der Waals surface area contributed by atoms with Gasteiger partial charge in [0, 0.05) is 17.3 Å². The topological polar surface area (TPSA) is 139 Å². The summed E-state index contributed by atoms with van der Waals surface area (Å²) in [4.78, 5) is 24.2. The van der Waals surface area contributed by atoms with Gasteiger partial charge in [-0.1, -0.05) is 18.2 Å². The van der Waals surface area contributed by atoms with Gasteiger partial charge in [0.25, 0.3) is 0 Å².